The molecule has 0 saturated heterocycles. The van der Waals surface area contributed by atoms with Crippen molar-refractivity contribution in [3.8, 4) is 10.6 Å². The van der Waals surface area contributed by atoms with Gasteiger partial charge in [-0.2, -0.15) is 0 Å². The number of rotatable bonds is 6. The van der Waals surface area contributed by atoms with Crippen molar-refractivity contribution < 1.29 is 14.6 Å². The van der Waals surface area contributed by atoms with Crippen molar-refractivity contribution in [3.05, 3.63) is 95.1 Å². The van der Waals surface area contributed by atoms with Gasteiger partial charge in [0.25, 0.3) is 0 Å². The van der Waals surface area contributed by atoms with Gasteiger partial charge in [0.2, 0.25) is 0 Å². The van der Waals surface area contributed by atoms with E-state index in [0.29, 0.717) is 21.7 Å². The van der Waals surface area contributed by atoms with Crippen molar-refractivity contribution in [3.63, 3.8) is 0 Å². The SMILES string of the molecule is O/C=C(\CO)Cc1ccc(-c2nc3ccc(C4(c5ccccc5)CC4)nc3s2)c(F)c1. The summed E-state index contributed by atoms with van der Waals surface area (Å²) in [6, 6.07) is 19.4. The van der Waals surface area contributed by atoms with Crippen molar-refractivity contribution in [2.75, 3.05) is 6.61 Å². The molecule has 2 aromatic carbocycles. The van der Waals surface area contributed by atoms with Crippen molar-refractivity contribution in [1.29, 1.82) is 0 Å². The Labute approximate surface area is 183 Å². The summed E-state index contributed by atoms with van der Waals surface area (Å²) in [5.74, 6) is -0.380. The molecule has 31 heavy (non-hydrogen) atoms. The minimum absolute atomic E-state index is 0.0167. The number of benzene rings is 2. The van der Waals surface area contributed by atoms with Crippen molar-refractivity contribution in [2.45, 2.75) is 24.7 Å². The lowest BCUT2D eigenvalue weighted by molar-refractivity contribution is 0.320. The van der Waals surface area contributed by atoms with E-state index in [9.17, 15) is 9.50 Å². The number of fused-ring (bicyclic) bond motifs is 1. The zero-order chi connectivity index (χ0) is 21.4. The maximum absolute atomic E-state index is 14.8. The van der Waals surface area contributed by atoms with E-state index in [1.54, 1.807) is 12.1 Å². The van der Waals surface area contributed by atoms with Gasteiger partial charge in [0.1, 0.15) is 21.2 Å². The number of thiazole rings is 1. The molecule has 1 aliphatic carbocycles. The van der Waals surface area contributed by atoms with Crippen LogP contribution in [0.3, 0.4) is 0 Å². The van der Waals surface area contributed by atoms with E-state index in [1.807, 2.05) is 18.2 Å². The number of aromatic nitrogens is 2. The largest absolute Gasteiger partial charge is 0.516 e. The van der Waals surface area contributed by atoms with Gasteiger partial charge in [0.05, 0.1) is 18.6 Å². The minimum Gasteiger partial charge on any atom is -0.516 e. The molecule has 1 saturated carbocycles. The van der Waals surface area contributed by atoms with Gasteiger partial charge in [-0.25, -0.2) is 14.4 Å². The number of pyridine rings is 1. The third-order valence-corrected chi connectivity index (χ3v) is 6.90. The molecule has 1 aliphatic rings. The number of hydrogen-bond acceptors (Lipinski definition) is 5. The van der Waals surface area contributed by atoms with Crippen LogP contribution in [0.1, 0.15) is 29.7 Å². The van der Waals surface area contributed by atoms with E-state index in [1.165, 1.54) is 23.0 Å². The Bertz CT molecular complexity index is 1280. The number of aliphatic hydroxyl groups is 2. The molecule has 0 atom stereocenters. The van der Waals surface area contributed by atoms with E-state index < -0.39 is 0 Å². The van der Waals surface area contributed by atoms with E-state index in [4.69, 9.17) is 10.1 Å². The molecule has 2 heterocycles. The molecule has 4 aromatic rings. The molecule has 5 rings (SSSR count). The first-order valence-electron chi connectivity index (χ1n) is 10.2. The maximum Gasteiger partial charge on any atom is 0.144 e. The van der Waals surface area contributed by atoms with Gasteiger partial charge < -0.3 is 10.2 Å². The monoisotopic (exact) mass is 432 g/mol. The summed E-state index contributed by atoms with van der Waals surface area (Å²) in [4.78, 5) is 10.3. The minimum atomic E-state index is -0.380. The fourth-order valence-corrected chi connectivity index (χ4v) is 4.99. The molecule has 0 spiro atoms. The van der Waals surface area contributed by atoms with Crippen LogP contribution < -0.4 is 0 Å². The molecule has 2 aromatic heterocycles. The molecule has 0 aliphatic heterocycles. The van der Waals surface area contributed by atoms with E-state index in [2.05, 4.69) is 29.2 Å². The summed E-state index contributed by atoms with van der Waals surface area (Å²) in [5.41, 5.74) is 4.61. The van der Waals surface area contributed by atoms with Crippen LogP contribution in [-0.2, 0) is 11.8 Å². The molecule has 0 bridgehead atoms. The highest BCUT2D eigenvalue weighted by atomic mass is 32.1. The summed E-state index contributed by atoms with van der Waals surface area (Å²) < 4.78 is 14.8. The summed E-state index contributed by atoms with van der Waals surface area (Å²) >= 11 is 1.39. The number of aliphatic hydroxyl groups excluding tert-OH is 2. The Kier molecular flexibility index (Phi) is 5.04. The lowest BCUT2D eigenvalue weighted by Crippen LogP contribution is -2.10. The number of nitrogens with zero attached hydrogens (tertiary/aromatic N) is 2. The first kappa shape index (κ1) is 19.8. The molecule has 1 fully saturated rings. The molecular weight excluding hydrogens is 411 g/mol. The van der Waals surface area contributed by atoms with E-state index >= 15 is 0 Å². The fraction of sp³-hybridized carbons (Fsp3) is 0.200. The lowest BCUT2D eigenvalue weighted by Gasteiger charge is -2.14. The molecule has 0 amide bonds. The molecular formula is C25H21FN2O2S. The second-order valence-corrected chi connectivity index (χ2v) is 8.90. The van der Waals surface area contributed by atoms with Crippen LogP contribution in [0.15, 0.2) is 72.5 Å². The summed E-state index contributed by atoms with van der Waals surface area (Å²) in [6.07, 6.45) is 3.31. The second-order valence-electron chi connectivity index (χ2n) is 7.92. The van der Waals surface area contributed by atoms with E-state index in [-0.39, 0.29) is 24.3 Å². The lowest BCUT2D eigenvalue weighted by atomic mass is 9.92. The summed E-state index contributed by atoms with van der Waals surface area (Å²) in [6.45, 7) is -0.268. The fourth-order valence-electron chi connectivity index (χ4n) is 4.02. The van der Waals surface area contributed by atoms with Crippen molar-refractivity contribution >= 4 is 21.7 Å². The van der Waals surface area contributed by atoms with Gasteiger partial charge in [-0.1, -0.05) is 47.7 Å². The van der Waals surface area contributed by atoms with Crippen LogP contribution in [0.25, 0.3) is 20.9 Å². The Balaban J connectivity index is 1.47. The zero-order valence-corrected chi connectivity index (χ0v) is 17.6. The quantitative estimate of drug-likeness (QED) is 0.392. The van der Waals surface area contributed by atoms with Crippen LogP contribution in [-0.4, -0.2) is 26.8 Å². The summed E-state index contributed by atoms with van der Waals surface area (Å²) in [7, 11) is 0. The predicted molar refractivity (Wildman–Crippen MR) is 121 cm³/mol. The van der Waals surface area contributed by atoms with Gasteiger partial charge in [-0.3, -0.25) is 0 Å². The van der Waals surface area contributed by atoms with Crippen LogP contribution in [0, 0.1) is 5.82 Å². The van der Waals surface area contributed by atoms with Gasteiger partial charge in [-0.15, -0.1) is 0 Å². The number of halogens is 1. The third-order valence-electron chi connectivity index (χ3n) is 5.90. The average molecular weight is 433 g/mol. The first-order valence-corrected chi connectivity index (χ1v) is 11.0. The van der Waals surface area contributed by atoms with Crippen LogP contribution in [0.5, 0.6) is 0 Å². The molecule has 2 N–H and O–H groups in total. The van der Waals surface area contributed by atoms with Crippen molar-refractivity contribution in [1.82, 2.24) is 9.97 Å². The Morgan fingerprint density at radius 3 is 2.55 bits per heavy atom. The number of hydrogen-bond donors (Lipinski definition) is 2. The smallest absolute Gasteiger partial charge is 0.144 e. The highest BCUT2D eigenvalue weighted by molar-refractivity contribution is 7.21. The molecule has 4 nitrogen and oxygen atoms in total. The second kappa shape index (κ2) is 7.87. The molecule has 0 unspecified atom stereocenters. The predicted octanol–water partition coefficient (Wildman–Crippen LogP) is 5.55. The first-order chi connectivity index (χ1) is 15.1. The molecule has 6 heteroatoms. The Hall–Kier alpha value is -3.09. The highest BCUT2D eigenvalue weighted by Gasteiger charge is 2.47. The Morgan fingerprint density at radius 1 is 1.06 bits per heavy atom. The van der Waals surface area contributed by atoms with E-state index in [0.717, 1.165) is 35.1 Å². The third kappa shape index (κ3) is 3.62. The summed E-state index contributed by atoms with van der Waals surface area (Å²) in [5, 5.41) is 18.9. The molecule has 0 radical (unpaired) electrons. The van der Waals surface area contributed by atoms with Gasteiger partial charge in [-0.05, 0) is 60.2 Å². The van der Waals surface area contributed by atoms with Crippen molar-refractivity contribution in [2.24, 2.45) is 0 Å². The topological polar surface area (TPSA) is 66.2 Å². The van der Waals surface area contributed by atoms with Gasteiger partial charge in [0, 0.05) is 11.0 Å². The van der Waals surface area contributed by atoms with Gasteiger partial charge in [0.15, 0.2) is 0 Å². The zero-order valence-electron chi connectivity index (χ0n) is 16.8. The normalized spacial score (nSPS) is 15.4. The maximum atomic E-state index is 14.8. The average Bonchev–Trinajstić information content (AvgIpc) is 3.51. The van der Waals surface area contributed by atoms with Gasteiger partial charge >= 0.3 is 0 Å². The van der Waals surface area contributed by atoms with Crippen LogP contribution in [0.2, 0.25) is 0 Å². The molecule has 156 valence electrons. The Morgan fingerprint density at radius 2 is 1.87 bits per heavy atom. The van der Waals surface area contributed by atoms with Crippen LogP contribution >= 0.6 is 11.3 Å². The standard InChI is InChI=1S/C25H21FN2O2S/c26-20-13-16(12-17(14-29)15-30)6-7-19(20)23-27-21-8-9-22(28-24(21)31-23)25(10-11-25)18-4-2-1-3-5-18/h1-9,13-14,29-30H,10-12,15H2/b17-14-. The van der Waals surface area contributed by atoms with Crippen LogP contribution in [0.4, 0.5) is 4.39 Å². The highest BCUT2D eigenvalue weighted by Crippen LogP contribution is 2.53.